The quantitative estimate of drug-likeness (QED) is 0.789. The molecule has 0 saturated heterocycles. The van der Waals surface area contributed by atoms with E-state index >= 15 is 0 Å². The van der Waals surface area contributed by atoms with Gasteiger partial charge in [0.2, 0.25) is 11.8 Å². The van der Waals surface area contributed by atoms with Gasteiger partial charge in [0.1, 0.15) is 11.9 Å². The Balaban J connectivity index is 2.14. The number of likely N-dealkylation sites (N-methyl/N-ethyl adjacent to an activating group) is 1. The van der Waals surface area contributed by atoms with Gasteiger partial charge in [-0.3, -0.25) is 9.59 Å². The van der Waals surface area contributed by atoms with Crippen LogP contribution in [-0.4, -0.2) is 29.3 Å². The van der Waals surface area contributed by atoms with Crippen molar-refractivity contribution in [3.63, 3.8) is 0 Å². The molecule has 0 saturated carbocycles. The lowest BCUT2D eigenvalue weighted by atomic mass is 10.1. The molecule has 5 heteroatoms. The Kier molecular flexibility index (Phi) is 7.33. The number of nitrogens with one attached hydrogen (secondary N) is 1. The summed E-state index contributed by atoms with van der Waals surface area (Å²) < 4.78 is 14.0. The summed E-state index contributed by atoms with van der Waals surface area (Å²) in [6.45, 7) is 4.04. The average Bonchev–Trinajstić information content (AvgIpc) is 2.66. The average molecular weight is 356 g/mol. The fourth-order valence-corrected chi connectivity index (χ4v) is 2.75. The van der Waals surface area contributed by atoms with Gasteiger partial charge in [-0.15, -0.1) is 0 Å². The van der Waals surface area contributed by atoms with Crippen LogP contribution >= 0.6 is 0 Å². The van der Waals surface area contributed by atoms with E-state index in [0.29, 0.717) is 18.5 Å². The van der Waals surface area contributed by atoms with Crippen LogP contribution in [0.5, 0.6) is 0 Å². The molecule has 2 aromatic carbocycles. The van der Waals surface area contributed by atoms with Crippen LogP contribution in [0.3, 0.4) is 0 Å². The third kappa shape index (κ3) is 5.41. The van der Waals surface area contributed by atoms with Crippen LogP contribution in [0.15, 0.2) is 54.6 Å². The number of carbonyl (C=O) groups is 2. The Morgan fingerprint density at radius 1 is 1.08 bits per heavy atom. The van der Waals surface area contributed by atoms with Gasteiger partial charge in [0.15, 0.2) is 0 Å². The molecule has 0 radical (unpaired) electrons. The molecule has 0 bridgehead atoms. The number of aryl methyl sites for hydroxylation is 1. The van der Waals surface area contributed by atoms with Gasteiger partial charge in [-0.1, -0.05) is 48.5 Å². The molecule has 0 aliphatic carbocycles. The molecule has 2 amide bonds. The highest BCUT2D eigenvalue weighted by Crippen LogP contribution is 2.15. The molecule has 1 atom stereocenters. The van der Waals surface area contributed by atoms with Gasteiger partial charge >= 0.3 is 0 Å². The fraction of sp³-hybridized carbons (Fsp3) is 0.333. The highest BCUT2D eigenvalue weighted by molar-refractivity contribution is 5.87. The topological polar surface area (TPSA) is 49.4 Å². The van der Waals surface area contributed by atoms with Crippen LogP contribution in [-0.2, 0) is 22.6 Å². The molecule has 0 heterocycles. The smallest absolute Gasteiger partial charge is 0.242 e. The minimum atomic E-state index is -0.669. The van der Waals surface area contributed by atoms with Crippen molar-refractivity contribution in [1.82, 2.24) is 10.2 Å². The normalized spacial score (nSPS) is 11.7. The van der Waals surface area contributed by atoms with Gasteiger partial charge < -0.3 is 10.2 Å². The Hall–Kier alpha value is -2.69. The van der Waals surface area contributed by atoms with Gasteiger partial charge in [-0.05, 0) is 31.9 Å². The molecule has 0 aliphatic heterocycles. The number of hydrogen-bond acceptors (Lipinski definition) is 2. The van der Waals surface area contributed by atoms with E-state index in [2.05, 4.69) is 5.32 Å². The van der Waals surface area contributed by atoms with Crippen LogP contribution in [0.1, 0.15) is 31.4 Å². The molecule has 138 valence electrons. The number of carbonyl (C=O) groups excluding carboxylic acids is 2. The minimum Gasteiger partial charge on any atom is -0.355 e. The second-order valence-corrected chi connectivity index (χ2v) is 6.17. The van der Waals surface area contributed by atoms with Crippen molar-refractivity contribution >= 4 is 11.8 Å². The van der Waals surface area contributed by atoms with Crippen LogP contribution in [0.2, 0.25) is 0 Å². The summed E-state index contributed by atoms with van der Waals surface area (Å²) in [6, 6.07) is 15.3. The van der Waals surface area contributed by atoms with E-state index in [1.807, 2.05) is 37.3 Å². The molecular weight excluding hydrogens is 331 g/mol. The number of nitrogens with zero attached hydrogens (tertiary/aromatic N) is 1. The van der Waals surface area contributed by atoms with Crippen molar-refractivity contribution in [3.05, 3.63) is 71.5 Å². The van der Waals surface area contributed by atoms with Gasteiger partial charge in [0.05, 0.1) is 0 Å². The van der Waals surface area contributed by atoms with Crippen molar-refractivity contribution in [1.29, 1.82) is 0 Å². The summed E-state index contributed by atoms with van der Waals surface area (Å²) in [5, 5.41) is 2.73. The first kappa shape index (κ1) is 19.6. The molecule has 2 rings (SSSR count). The van der Waals surface area contributed by atoms with Gasteiger partial charge in [-0.2, -0.15) is 0 Å². The molecule has 1 N–H and O–H groups in total. The zero-order valence-electron chi connectivity index (χ0n) is 15.2. The van der Waals surface area contributed by atoms with E-state index in [4.69, 9.17) is 0 Å². The molecule has 0 unspecified atom stereocenters. The van der Waals surface area contributed by atoms with E-state index in [1.165, 1.54) is 11.0 Å². The first-order valence-corrected chi connectivity index (χ1v) is 8.87. The van der Waals surface area contributed by atoms with Crippen LogP contribution in [0.25, 0.3) is 0 Å². The van der Waals surface area contributed by atoms with Crippen LogP contribution in [0.4, 0.5) is 4.39 Å². The first-order valence-electron chi connectivity index (χ1n) is 8.87. The number of halogens is 1. The van der Waals surface area contributed by atoms with Gasteiger partial charge in [-0.25, -0.2) is 4.39 Å². The van der Waals surface area contributed by atoms with Crippen LogP contribution in [0, 0.1) is 5.82 Å². The summed E-state index contributed by atoms with van der Waals surface area (Å²) >= 11 is 0. The van der Waals surface area contributed by atoms with Crippen molar-refractivity contribution < 1.29 is 14.0 Å². The monoisotopic (exact) mass is 356 g/mol. The summed E-state index contributed by atoms with van der Waals surface area (Å²) in [4.78, 5) is 26.5. The lowest BCUT2D eigenvalue weighted by Crippen LogP contribution is -2.47. The Morgan fingerprint density at radius 2 is 1.73 bits per heavy atom. The molecule has 26 heavy (non-hydrogen) atoms. The van der Waals surface area contributed by atoms with E-state index in [9.17, 15) is 14.0 Å². The Morgan fingerprint density at radius 3 is 2.38 bits per heavy atom. The summed E-state index contributed by atoms with van der Waals surface area (Å²) in [5.74, 6) is -0.788. The SMILES string of the molecule is CCNC(=O)[C@@H](C)N(Cc1ccccc1F)C(=O)CCc1ccccc1. The maximum Gasteiger partial charge on any atom is 0.242 e. The maximum absolute atomic E-state index is 14.0. The minimum absolute atomic E-state index is 0.0681. The zero-order chi connectivity index (χ0) is 18.9. The van der Waals surface area contributed by atoms with E-state index in [0.717, 1.165) is 5.56 Å². The zero-order valence-corrected chi connectivity index (χ0v) is 15.2. The third-order valence-corrected chi connectivity index (χ3v) is 4.29. The van der Waals surface area contributed by atoms with Crippen molar-refractivity contribution in [2.45, 2.75) is 39.3 Å². The van der Waals surface area contributed by atoms with Crippen molar-refractivity contribution in [3.8, 4) is 0 Å². The predicted octanol–water partition coefficient (Wildman–Crippen LogP) is 3.31. The number of rotatable bonds is 8. The number of benzene rings is 2. The van der Waals surface area contributed by atoms with Crippen molar-refractivity contribution in [2.24, 2.45) is 0 Å². The van der Waals surface area contributed by atoms with E-state index in [1.54, 1.807) is 25.1 Å². The molecule has 2 aromatic rings. The van der Waals surface area contributed by atoms with Crippen LogP contribution < -0.4 is 5.32 Å². The standard InChI is InChI=1S/C21H25FN2O2/c1-3-23-21(26)16(2)24(15-18-11-7-8-12-19(18)22)20(25)14-13-17-9-5-4-6-10-17/h4-12,16H,3,13-15H2,1-2H3,(H,23,26)/t16-/m1/s1. The molecule has 0 spiro atoms. The van der Waals surface area contributed by atoms with Gasteiger partial charge in [0, 0.05) is 25.1 Å². The van der Waals surface area contributed by atoms with E-state index in [-0.39, 0.29) is 30.6 Å². The third-order valence-electron chi connectivity index (χ3n) is 4.29. The van der Waals surface area contributed by atoms with Gasteiger partial charge in [0.25, 0.3) is 0 Å². The predicted molar refractivity (Wildman–Crippen MR) is 99.9 cm³/mol. The first-order chi connectivity index (χ1) is 12.5. The Bertz CT molecular complexity index is 734. The lowest BCUT2D eigenvalue weighted by molar-refractivity contribution is -0.140. The number of hydrogen-bond donors (Lipinski definition) is 1. The summed E-state index contributed by atoms with van der Waals surface area (Å²) in [5.41, 5.74) is 1.45. The largest absolute Gasteiger partial charge is 0.355 e. The molecule has 0 aromatic heterocycles. The van der Waals surface area contributed by atoms with E-state index < -0.39 is 6.04 Å². The summed E-state index contributed by atoms with van der Waals surface area (Å²) in [6.07, 6.45) is 0.845. The highest BCUT2D eigenvalue weighted by atomic mass is 19.1. The molecular formula is C21H25FN2O2. The molecule has 0 aliphatic rings. The second kappa shape index (κ2) is 9.70. The summed E-state index contributed by atoms with van der Waals surface area (Å²) in [7, 11) is 0. The molecule has 4 nitrogen and oxygen atoms in total. The highest BCUT2D eigenvalue weighted by Gasteiger charge is 2.26. The lowest BCUT2D eigenvalue weighted by Gasteiger charge is -2.29. The second-order valence-electron chi connectivity index (χ2n) is 6.17. The van der Waals surface area contributed by atoms with Crippen molar-refractivity contribution in [2.75, 3.05) is 6.54 Å². The Labute approximate surface area is 154 Å². The maximum atomic E-state index is 14.0. The fourth-order valence-electron chi connectivity index (χ4n) is 2.75. The molecule has 0 fully saturated rings. The number of amides is 2.